The average molecular weight is 719 g/mol. The first-order valence-corrected chi connectivity index (χ1v) is 16.3. The molecule has 0 amide bonds. The molecule has 3 aliphatic rings. The molecule has 11 N–H and O–H groups in total. The third-order valence-corrected chi connectivity index (χ3v) is 8.41. The first kappa shape index (κ1) is 42.3. The van der Waals surface area contributed by atoms with Gasteiger partial charge in [0.25, 0.3) is 0 Å². The number of allylic oxidation sites excluding steroid dienone is 3. The maximum atomic E-state index is 10.7. The van der Waals surface area contributed by atoms with Gasteiger partial charge in [-0.1, -0.05) is 30.1 Å². The Kier molecular flexibility index (Phi) is 17.1. The van der Waals surface area contributed by atoms with Gasteiger partial charge in [0.2, 0.25) is 0 Å². The number of ether oxygens (including phenoxy) is 6. The van der Waals surface area contributed by atoms with Crippen molar-refractivity contribution in [2.75, 3.05) is 26.4 Å². The van der Waals surface area contributed by atoms with Crippen LogP contribution in [0.15, 0.2) is 24.3 Å². The summed E-state index contributed by atoms with van der Waals surface area (Å²) in [6.45, 7) is 1.42. The van der Waals surface area contributed by atoms with Crippen LogP contribution in [-0.4, -0.2) is 180 Å². The Bertz CT molecular complexity index is 1210. The molecule has 0 saturated carbocycles. The molecule has 16 unspecified atom stereocenters. The standard InChI is InChI=1S/C33H50O17/c1-3-4-5-6-8-11-18(36)20(12-9-7-10-13-34)47-32-29(44)27(42)25(40)22(49-32)16-45-30-19(37)14-23(38)33(2,50-30)17-46-31-28(43)26(41)24(39)21(15-35)48-31/h3-4,9,12,18-32,34-44H,7,10,13-17H2,1-2H3. The highest BCUT2D eigenvalue weighted by Gasteiger charge is 2.50. The van der Waals surface area contributed by atoms with E-state index < -0.39 is 118 Å². The van der Waals surface area contributed by atoms with E-state index in [0.29, 0.717) is 12.8 Å². The molecule has 16 atom stereocenters. The Morgan fingerprint density at radius 1 is 0.840 bits per heavy atom. The molecular formula is C33H50O17. The summed E-state index contributed by atoms with van der Waals surface area (Å²) in [6.07, 6.45) is -16.0. The van der Waals surface area contributed by atoms with E-state index in [9.17, 15) is 51.1 Å². The zero-order chi connectivity index (χ0) is 37.0. The summed E-state index contributed by atoms with van der Waals surface area (Å²) in [5.41, 5.74) is -1.60. The first-order valence-electron chi connectivity index (χ1n) is 16.3. The van der Waals surface area contributed by atoms with Crippen molar-refractivity contribution >= 4 is 0 Å². The number of aliphatic hydroxyl groups excluding tert-OH is 11. The molecule has 0 spiro atoms. The predicted molar refractivity (Wildman–Crippen MR) is 169 cm³/mol. The molecule has 3 saturated heterocycles. The summed E-state index contributed by atoms with van der Waals surface area (Å²) in [5.74, 6) is 10.2. The second-order valence-corrected chi connectivity index (χ2v) is 12.4. The van der Waals surface area contributed by atoms with Crippen LogP contribution >= 0.6 is 0 Å². The van der Waals surface area contributed by atoms with E-state index in [0.717, 1.165) is 0 Å². The van der Waals surface area contributed by atoms with Crippen molar-refractivity contribution < 1.29 is 84.6 Å². The van der Waals surface area contributed by atoms with Crippen LogP contribution in [0.2, 0.25) is 0 Å². The summed E-state index contributed by atoms with van der Waals surface area (Å²) in [6, 6.07) is 0. The molecule has 284 valence electrons. The molecule has 0 aromatic rings. The fourth-order valence-electron chi connectivity index (χ4n) is 5.27. The van der Waals surface area contributed by atoms with Crippen LogP contribution in [0.25, 0.3) is 0 Å². The highest BCUT2D eigenvalue weighted by atomic mass is 16.7. The molecule has 0 radical (unpaired) electrons. The van der Waals surface area contributed by atoms with Crippen molar-refractivity contribution in [2.45, 2.75) is 131 Å². The fraction of sp³-hybridized carbons (Fsp3) is 0.758. The van der Waals surface area contributed by atoms with Crippen molar-refractivity contribution in [3.63, 3.8) is 0 Å². The topological polar surface area (TPSA) is 278 Å². The lowest BCUT2D eigenvalue weighted by Gasteiger charge is -2.46. The summed E-state index contributed by atoms with van der Waals surface area (Å²) >= 11 is 0. The minimum Gasteiger partial charge on any atom is -0.396 e. The van der Waals surface area contributed by atoms with Crippen LogP contribution in [0.3, 0.4) is 0 Å². The number of hydrogen-bond acceptors (Lipinski definition) is 17. The molecule has 17 heteroatoms. The van der Waals surface area contributed by atoms with Gasteiger partial charge in [-0.25, -0.2) is 0 Å². The van der Waals surface area contributed by atoms with Crippen LogP contribution < -0.4 is 0 Å². The van der Waals surface area contributed by atoms with E-state index in [4.69, 9.17) is 33.5 Å². The van der Waals surface area contributed by atoms with Gasteiger partial charge in [-0.15, -0.1) is 0 Å². The van der Waals surface area contributed by atoms with E-state index in [1.807, 2.05) is 0 Å². The molecule has 50 heavy (non-hydrogen) atoms. The van der Waals surface area contributed by atoms with Crippen LogP contribution in [0.4, 0.5) is 0 Å². The minimum atomic E-state index is -1.80. The molecule has 3 rings (SSSR count). The quantitative estimate of drug-likeness (QED) is 0.0459. The van der Waals surface area contributed by atoms with E-state index in [1.54, 1.807) is 25.2 Å². The van der Waals surface area contributed by atoms with Crippen LogP contribution in [0, 0.1) is 23.7 Å². The fourth-order valence-corrected chi connectivity index (χ4v) is 5.27. The van der Waals surface area contributed by atoms with Crippen molar-refractivity contribution in [3.8, 4) is 23.7 Å². The van der Waals surface area contributed by atoms with Crippen LogP contribution in [0.1, 0.15) is 33.1 Å². The maximum absolute atomic E-state index is 10.7. The normalized spacial score (nSPS) is 40.5. The van der Waals surface area contributed by atoms with Gasteiger partial charge < -0.3 is 84.6 Å². The van der Waals surface area contributed by atoms with E-state index in [2.05, 4.69) is 23.7 Å². The van der Waals surface area contributed by atoms with E-state index >= 15 is 0 Å². The van der Waals surface area contributed by atoms with Crippen LogP contribution in [-0.2, 0) is 28.4 Å². The molecule has 17 nitrogen and oxygen atoms in total. The Morgan fingerprint density at radius 2 is 1.50 bits per heavy atom. The lowest BCUT2D eigenvalue weighted by Crippen LogP contribution is -2.62. The maximum Gasteiger partial charge on any atom is 0.187 e. The van der Waals surface area contributed by atoms with Gasteiger partial charge in [-0.2, -0.15) is 0 Å². The summed E-state index contributed by atoms with van der Waals surface area (Å²) in [4.78, 5) is 0. The number of rotatable bonds is 14. The third kappa shape index (κ3) is 11.2. The van der Waals surface area contributed by atoms with E-state index in [-0.39, 0.29) is 13.0 Å². The molecule has 0 bridgehead atoms. The Balaban J connectivity index is 1.68. The lowest BCUT2D eigenvalue weighted by molar-refractivity contribution is -0.351. The predicted octanol–water partition coefficient (Wildman–Crippen LogP) is -4.49. The van der Waals surface area contributed by atoms with Gasteiger partial charge in [0.15, 0.2) is 18.9 Å². The SMILES string of the molecule is CC=CC#CC#CC(O)C(C=CCCCO)OC1OC(COC2OC(C)(COC3OC(CO)C(O)C(O)C3O)C(O)CC2O)C(O)C(O)C1O. The third-order valence-electron chi connectivity index (χ3n) is 8.41. The molecular weight excluding hydrogens is 668 g/mol. The van der Waals surface area contributed by atoms with Gasteiger partial charge in [-0.05, 0) is 44.6 Å². The Morgan fingerprint density at radius 3 is 2.16 bits per heavy atom. The molecule has 3 aliphatic heterocycles. The molecule has 3 fully saturated rings. The van der Waals surface area contributed by atoms with Crippen molar-refractivity contribution in [1.82, 2.24) is 0 Å². The Hall–Kier alpha value is -2.08. The van der Waals surface area contributed by atoms with E-state index in [1.165, 1.54) is 13.0 Å². The Labute approximate surface area is 289 Å². The van der Waals surface area contributed by atoms with Gasteiger partial charge in [-0.3, -0.25) is 0 Å². The monoisotopic (exact) mass is 718 g/mol. The zero-order valence-corrected chi connectivity index (χ0v) is 27.8. The second kappa shape index (κ2) is 20.2. The second-order valence-electron chi connectivity index (χ2n) is 12.4. The van der Waals surface area contributed by atoms with Crippen molar-refractivity contribution in [2.24, 2.45) is 0 Å². The van der Waals surface area contributed by atoms with Gasteiger partial charge in [0, 0.05) is 13.0 Å². The smallest absolute Gasteiger partial charge is 0.187 e. The molecule has 0 aliphatic carbocycles. The van der Waals surface area contributed by atoms with Crippen molar-refractivity contribution in [1.29, 1.82) is 0 Å². The number of aliphatic hydroxyl groups is 11. The van der Waals surface area contributed by atoms with Gasteiger partial charge in [0.05, 0.1) is 25.9 Å². The highest BCUT2D eigenvalue weighted by molar-refractivity contribution is 5.32. The number of hydrogen-bond donors (Lipinski definition) is 11. The zero-order valence-electron chi connectivity index (χ0n) is 27.8. The average Bonchev–Trinajstić information content (AvgIpc) is 3.09. The van der Waals surface area contributed by atoms with Crippen LogP contribution in [0.5, 0.6) is 0 Å². The highest BCUT2D eigenvalue weighted by Crippen LogP contribution is 2.33. The minimum absolute atomic E-state index is 0.0717. The molecule has 0 aromatic carbocycles. The first-order chi connectivity index (χ1) is 23.8. The number of unbranched alkanes of at least 4 members (excludes halogenated alkanes) is 1. The lowest BCUT2D eigenvalue weighted by atomic mass is 9.91. The molecule has 3 heterocycles. The van der Waals surface area contributed by atoms with Gasteiger partial charge in [0.1, 0.15) is 72.7 Å². The summed E-state index contributed by atoms with van der Waals surface area (Å²) < 4.78 is 33.9. The molecule has 0 aromatic heterocycles. The van der Waals surface area contributed by atoms with Crippen molar-refractivity contribution in [3.05, 3.63) is 24.3 Å². The van der Waals surface area contributed by atoms with Gasteiger partial charge >= 0.3 is 0 Å². The summed E-state index contributed by atoms with van der Waals surface area (Å²) in [5, 5.41) is 113. The summed E-state index contributed by atoms with van der Waals surface area (Å²) in [7, 11) is 0. The largest absolute Gasteiger partial charge is 0.396 e.